The minimum absolute atomic E-state index is 0.197. The molecule has 0 aliphatic rings. The molecule has 16 heavy (non-hydrogen) atoms. The molecule has 0 aromatic carbocycles. The molecule has 0 amide bonds. The van der Waals surface area contributed by atoms with E-state index in [2.05, 4.69) is 25.2 Å². The number of aliphatic hydroxyl groups excluding tert-OH is 1. The van der Waals surface area contributed by atoms with E-state index >= 15 is 0 Å². The SMILES string of the molecule is COCC(CCO)NCc1cc(C)sc1C. The van der Waals surface area contributed by atoms with Gasteiger partial charge in [-0.05, 0) is 31.9 Å². The first-order chi connectivity index (χ1) is 7.67. The standard InChI is InChI=1S/C12H21NO2S/c1-9-6-11(10(2)16-9)7-13-12(4-5-14)8-15-3/h6,12-14H,4-5,7-8H2,1-3H3. The second kappa shape index (κ2) is 7.01. The average molecular weight is 243 g/mol. The summed E-state index contributed by atoms with van der Waals surface area (Å²) in [7, 11) is 1.69. The topological polar surface area (TPSA) is 41.5 Å². The van der Waals surface area contributed by atoms with Gasteiger partial charge in [-0.3, -0.25) is 0 Å². The van der Waals surface area contributed by atoms with Crippen molar-refractivity contribution in [3.8, 4) is 0 Å². The van der Waals surface area contributed by atoms with Crippen molar-refractivity contribution in [2.45, 2.75) is 32.9 Å². The van der Waals surface area contributed by atoms with E-state index in [1.807, 2.05) is 11.3 Å². The minimum Gasteiger partial charge on any atom is -0.396 e. The molecule has 0 bridgehead atoms. The van der Waals surface area contributed by atoms with E-state index in [1.165, 1.54) is 15.3 Å². The lowest BCUT2D eigenvalue weighted by molar-refractivity contribution is 0.148. The summed E-state index contributed by atoms with van der Waals surface area (Å²) in [6, 6.07) is 2.45. The van der Waals surface area contributed by atoms with Gasteiger partial charge in [0, 0.05) is 36.1 Å². The predicted octanol–water partition coefficient (Wildman–Crippen LogP) is 1.85. The second-order valence-corrected chi connectivity index (χ2v) is 5.44. The van der Waals surface area contributed by atoms with Gasteiger partial charge in [-0.15, -0.1) is 11.3 Å². The Morgan fingerprint density at radius 3 is 2.75 bits per heavy atom. The van der Waals surface area contributed by atoms with Gasteiger partial charge in [-0.25, -0.2) is 0 Å². The predicted molar refractivity (Wildman–Crippen MR) is 68.0 cm³/mol. The van der Waals surface area contributed by atoms with Gasteiger partial charge in [0.2, 0.25) is 0 Å². The molecule has 0 aliphatic carbocycles. The zero-order chi connectivity index (χ0) is 12.0. The van der Waals surface area contributed by atoms with Crippen molar-refractivity contribution in [3.63, 3.8) is 0 Å². The molecule has 1 aromatic heterocycles. The highest BCUT2D eigenvalue weighted by molar-refractivity contribution is 7.12. The molecule has 0 fully saturated rings. The number of aliphatic hydroxyl groups is 1. The highest BCUT2D eigenvalue weighted by Crippen LogP contribution is 2.20. The fourth-order valence-corrected chi connectivity index (χ4v) is 2.66. The van der Waals surface area contributed by atoms with E-state index in [4.69, 9.17) is 9.84 Å². The van der Waals surface area contributed by atoms with Crippen LogP contribution in [0.1, 0.15) is 21.7 Å². The summed E-state index contributed by atoms with van der Waals surface area (Å²) in [5.41, 5.74) is 1.35. The molecule has 1 rings (SSSR count). The monoisotopic (exact) mass is 243 g/mol. The molecule has 2 N–H and O–H groups in total. The molecule has 4 heteroatoms. The van der Waals surface area contributed by atoms with Gasteiger partial charge in [0.05, 0.1) is 6.61 Å². The summed E-state index contributed by atoms with van der Waals surface area (Å²) in [6.07, 6.45) is 0.732. The third kappa shape index (κ3) is 4.22. The maximum atomic E-state index is 8.93. The summed E-state index contributed by atoms with van der Waals surface area (Å²) in [6.45, 7) is 5.96. The molecule has 0 aliphatic heterocycles. The molecular formula is C12H21NO2S. The lowest BCUT2D eigenvalue weighted by Crippen LogP contribution is -2.33. The van der Waals surface area contributed by atoms with Crippen LogP contribution >= 0.6 is 11.3 Å². The molecule has 1 atom stereocenters. The lowest BCUT2D eigenvalue weighted by atomic mass is 10.2. The molecule has 1 unspecified atom stereocenters. The van der Waals surface area contributed by atoms with Crippen molar-refractivity contribution in [2.24, 2.45) is 0 Å². The van der Waals surface area contributed by atoms with E-state index in [0.717, 1.165) is 13.0 Å². The van der Waals surface area contributed by atoms with E-state index in [1.54, 1.807) is 7.11 Å². The second-order valence-electron chi connectivity index (χ2n) is 3.98. The fourth-order valence-electron chi connectivity index (χ4n) is 1.71. The molecular weight excluding hydrogens is 222 g/mol. The normalized spacial score (nSPS) is 13.0. The average Bonchev–Trinajstić information content (AvgIpc) is 2.54. The van der Waals surface area contributed by atoms with Gasteiger partial charge >= 0.3 is 0 Å². The molecule has 0 spiro atoms. The van der Waals surface area contributed by atoms with Crippen molar-refractivity contribution >= 4 is 11.3 Å². The number of rotatable bonds is 7. The van der Waals surface area contributed by atoms with E-state index in [-0.39, 0.29) is 12.6 Å². The van der Waals surface area contributed by atoms with Crippen LogP contribution in [-0.4, -0.2) is 31.5 Å². The van der Waals surface area contributed by atoms with Crippen LogP contribution in [0.25, 0.3) is 0 Å². The van der Waals surface area contributed by atoms with Gasteiger partial charge < -0.3 is 15.2 Å². The summed E-state index contributed by atoms with van der Waals surface area (Å²) in [5.74, 6) is 0. The zero-order valence-electron chi connectivity index (χ0n) is 10.2. The first-order valence-corrected chi connectivity index (χ1v) is 6.38. The Kier molecular flexibility index (Phi) is 5.98. The molecule has 0 saturated carbocycles. The van der Waals surface area contributed by atoms with Gasteiger partial charge in [0.15, 0.2) is 0 Å². The van der Waals surface area contributed by atoms with Crippen LogP contribution in [0.15, 0.2) is 6.07 Å². The number of hydrogen-bond acceptors (Lipinski definition) is 4. The Morgan fingerprint density at radius 2 is 2.25 bits per heavy atom. The molecule has 3 nitrogen and oxygen atoms in total. The van der Waals surface area contributed by atoms with E-state index in [9.17, 15) is 0 Å². The van der Waals surface area contributed by atoms with Crippen LogP contribution < -0.4 is 5.32 Å². The van der Waals surface area contributed by atoms with Crippen LogP contribution in [0.2, 0.25) is 0 Å². The summed E-state index contributed by atoms with van der Waals surface area (Å²) >= 11 is 1.83. The lowest BCUT2D eigenvalue weighted by Gasteiger charge is -2.16. The summed E-state index contributed by atoms with van der Waals surface area (Å²) in [4.78, 5) is 2.71. The van der Waals surface area contributed by atoms with Crippen LogP contribution in [-0.2, 0) is 11.3 Å². The summed E-state index contributed by atoms with van der Waals surface area (Å²) < 4.78 is 5.11. The maximum Gasteiger partial charge on any atom is 0.0616 e. The highest BCUT2D eigenvalue weighted by atomic mass is 32.1. The minimum atomic E-state index is 0.197. The number of methoxy groups -OCH3 is 1. The van der Waals surface area contributed by atoms with E-state index < -0.39 is 0 Å². The van der Waals surface area contributed by atoms with E-state index in [0.29, 0.717) is 6.61 Å². The van der Waals surface area contributed by atoms with Crippen molar-refractivity contribution in [2.75, 3.05) is 20.3 Å². The number of aryl methyl sites for hydroxylation is 2. The van der Waals surface area contributed by atoms with Crippen molar-refractivity contribution < 1.29 is 9.84 Å². The maximum absolute atomic E-state index is 8.93. The first kappa shape index (κ1) is 13.6. The fraction of sp³-hybridized carbons (Fsp3) is 0.667. The quantitative estimate of drug-likeness (QED) is 0.768. The molecule has 1 heterocycles. The Balaban J connectivity index is 2.44. The first-order valence-electron chi connectivity index (χ1n) is 5.56. The smallest absolute Gasteiger partial charge is 0.0616 e. The van der Waals surface area contributed by atoms with Crippen LogP contribution in [0.3, 0.4) is 0 Å². The number of hydrogen-bond donors (Lipinski definition) is 2. The summed E-state index contributed by atoms with van der Waals surface area (Å²) in [5, 5.41) is 12.3. The van der Waals surface area contributed by atoms with Crippen LogP contribution in [0.4, 0.5) is 0 Å². The van der Waals surface area contributed by atoms with Crippen LogP contribution in [0, 0.1) is 13.8 Å². The Bertz CT molecular complexity index is 306. The zero-order valence-corrected chi connectivity index (χ0v) is 11.1. The van der Waals surface area contributed by atoms with Gasteiger partial charge in [0.1, 0.15) is 0 Å². The van der Waals surface area contributed by atoms with Gasteiger partial charge in [0.25, 0.3) is 0 Å². The van der Waals surface area contributed by atoms with Crippen LogP contribution in [0.5, 0.6) is 0 Å². The molecule has 0 radical (unpaired) electrons. The Morgan fingerprint density at radius 1 is 1.50 bits per heavy atom. The van der Waals surface area contributed by atoms with Crippen molar-refractivity contribution in [1.82, 2.24) is 5.32 Å². The van der Waals surface area contributed by atoms with Crippen molar-refractivity contribution in [3.05, 3.63) is 21.4 Å². The number of thiophene rings is 1. The van der Waals surface area contributed by atoms with Gasteiger partial charge in [-0.1, -0.05) is 0 Å². The molecule has 1 aromatic rings. The molecule has 0 saturated heterocycles. The highest BCUT2D eigenvalue weighted by Gasteiger charge is 2.09. The largest absolute Gasteiger partial charge is 0.396 e. The number of nitrogens with one attached hydrogen (secondary N) is 1. The Hall–Kier alpha value is -0.420. The third-order valence-electron chi connectivity index (χ3n) is 2.57. The van der Waals surface area contributed by atoms with Crippen molar-refractivity contribution in [1.29, 1.82) is 0 Å². The molecule has 92 valence electrons. The number of ether oxygens (including phenoxy) is 1. The Labute approximate surface area is 101 Å². The third-order valence-corrected chi connectivity index (χ3v) is 3.58. The van der Waals surface area contributed by atoms with Gasteiger partial charge in [-0.2, -0.15) is 0 Å².